The summed E-state index contributed by atoms with van der Waals surface area (Å²) in [5.41, 5.74) is 1.43. The molecule has 0 saturated heterocycles. The molecule has 1 aromatic heterocycles. The van der Waals surface area contributed by atoms with E-state index in [1.165, 1.54) is 19.2 Å². The SMILES string of the molecule is COC(=O)[C@@H](C)C[C@H](NC(=O)c1ccc(-c2ncc(C)s2)cc1)C(=O)NC(C)(C)Cc1ccc(F)cc1. The highest BCUT2D eigenvalue weighted by Crippen LogP contribution is 2.25. The Morgan fingerprint density at radius 1 is 1.08 bits per heavy atom. The van der Waals surface area contributed by atoms with Crippen LogP contribution in [0.3, 0.4) is 0 Å². The summed E-state index contributed by atoms with van der Waals surface area (Å²) in [5.74, 6) is -2.28. The van der Waals surface area contributed by atoms with Crippen LogP contribution in [0.1, 0.15) is 48.0 Å². The monoisotopic (exact) mass is 525 g/mol. The van der Waals surface area contributed by atoms with Crippen molar-refractivity contribution in [2.24, 2.45) is 5.92 Å². The Morgan fingerprint density at radius 2 is 1.73 bits per heavy atom. The molecule has 2 atom stereocenters. The van der Waals surface area contributed by atoms with Gasteiger partial charge in [0, 0.05) is 27.7 Å². The van der Waals surface area contributed by atoms with Gasteiger partial charge in [0.15, 0.2) is 0 Å². The summed E-state index contributed by atoms with van der Waals surface area (Å²) in [5, 5.41) is 6.60. The quantitative estimate of drug-likeness (QED) is 0.374. The van der Waals surface area contributed by atoms with Crippen LogP contribution in [-0.2, 0) is 20.7 Å². The molecule has 7 nitrogen and oxygen atoms in total. The number of hydrogen-bond acceptors (Lipinski definition) is 6. The Morgan fingerprint density at radius 3 is 2.30 bits per heavy atom. The maximum Gasteiger partial charge on any atom is 0.308 e. The van der Waals surface area contributed by atoms with Crippen molar-refractivity contribution in [2.45, 2.75) is 52.1 Å². The summed E-state index contributed by atoms with van der Waals surface area (Å²) in [6.07, 6.45) is 2.31. The van der Waals surface area contributed by atoms with Crippen LogP contribution in [0, 0.1) is 18.7 Å². The van der Waals surface area contributed by atoms with E-state index in [1.807, 2.05) is 32.9 Å². The van der Waals surface area contributed by atoms with Crippen LogP contribution in [0.25, 0.3) is 10.6 Å². The number of carbonyl (C=O) groups is 3. The smallest absolute Gasteiger partial charge is 0.308 e. The molecule has 1 heterocycles. The van der Waals surface area contributed by atoms with Gasteiger partial charge >= 0.3 is 5.97 Å². The second-order valence-corrected chi connectivity index (χ2v) is 11.0. The number of aromatic nitrogens is 1. The molecular weight excluding hydrogens is 493 g/mol. The fourth-order valence-electron chi connectivity index (χ4n) is 3.95. The molecule has 3 rings (SSSR count). The Balaban J connectivity index is 1.74. The average molecular weight is 526 g/mol. The number of rotatable bonds is 10. The topological polar surface area (TPSA) is 97.4 Å². The molecule has 2 amide bonds. The molecular formula is C28H32FN3O4S. The van der Waals surface area contributed by atoms with Gasteiger partial charge in [-0.1, -0.05) is 31.2 Å². The first-order valence-corrected chi connectivity index (χ1v) is 12.8. The van der Waals surface area contributed by atoms with Crippen LogP contribution < -0.4 is 10.6 Å². The van der Waals surface area contributed by atoms with E-state index in [9.17, 15) is 18.8 Å². The van der Waals surface area contributed by atoms with E-state index in [1.54, 1.807) is 48.7 Å². The number of aryl methyl sites for hydroxylation is 1. The number of nitrogens with zero attached hydrogens (tertiary/aromatic N) is 1. The molecule has 2 N–H and O–H groups in total. The molecule has 3 aromatic rings. The zero-order valence-electron chi connectivity index (χ0n) is 21.6. The first-order valence-electron chi connectivity index (χ1n) is 12.0. The number of thiazole rings is 1. The van der Waals surface area contributed by atoms with E-state index >= 15 is 0 Å². The van der Waals surface area contributed by atoms with Crippen LogP contribution in [0.15, 0.2) is 54.7 Å². The predicted molar refractivity (Wildman–Crippen MR) is 142 cm³/mol. The molecule has 2 aromatic carbocycles. The summed E-state index contributed by atoms with van der Waals surface area (Å²) >= 11 is 1.56. The molecule has 0 aliphatic rings. The highest BCUT2D eigenvalue weighted by atomic mass is 32.1. The predicted octanol–water partition coefficient (Wildman–Crippen LogP) is 4.69. The summed E-state index contributed by atoms with van der Waals surface area (Å²) in [6, 6.07) is 12.1. The Bertz CT molecular complexity index is 1240. The number of ether oxygens (including phenoxy) is 1. The maximum atomic E-state index is 13.3. The van der Waals surface area contributed by atoms with Crippen molar-refractivity contribution >= 4 is 29.1 Å². The fourth-order valence-corrected chi connectivity index (χ4v) is 4.72. The largest absolute Gasteiger partial charge is 0.469 e. The van der Waals surface area contributed by atoms with E-state index < -0.39 is 35.3 Å². The van der Waals surface area contributed by atoms with Gasteiger partial charge in [-0.3, -0.25) is 14.4 Å². The number of halogens is 1. The molecule has 9 heteroatoms. The van der Waals surface area contributed by atoms with Crippen LogP contribution in [-0.4, -0.2) is 41.5 Å². The van der Waals surface area contributed by atoms with Crippen LogP contribution in [0.2, 0.25) is 0 Å². The number of methoxy groups -OCH3 is 1. The van der Waals surface area contributed by atoms with Gasteiger partial charge in [-0.25, -0.2) is 9.37 Å². The maximum absolute atomic E-state index is 13.3. The van der Waals surface area contributed by atoms with E-state index in [-0.39, 0.29) is 12.2 Å². The standard InChI is InChI=1S/C28H32FN3O4S/c1-17(27(35)36-5)14-23(25(34)32-28(3,4)15-19-6-12-22(29)13-7-19)31-24(33)20-8-10-21(11-9-20)26-30-16-18(2)37-26/h6-13,16-17,23H,14-15H2,1-5H3,(H,31,33)(H,32,34)/t17-,23-/m0/s1. The number of nitrogens with one attached hydrogen (secondary N) is 2. The number of esters is 1. The lowest BCUT2D eigenvalue weighted by Crippen LogP contribution is -2.54. The van der Waals surface area contributed by atoms with Crippen molar-refractivity contribution in [3.05, 3.63) is 76.5 Å². The van der Waals surface area contributed by atoms with E-state index in [2.05, 4.69) is 15.6 Å². The molecule has 0 saturated carbocycles. The fraction of sp³-hybridized carbons (Fsp3) is 0.357. The van der Waals surface area contributed by atoms with Gasteiger partial charge in [0.2, 0.25) is 5.91 Å². The lowest BCUT2D eigenvalue weighted by atomic mass is 9.93. The van der Waals surface area contributed by atoms with Crippen molar-refractivity contribution in [1.29, 1.82) is 0 Å². The Labute approximate surface area is 220 Å². The lowest BCUT2D eigenvalue weighted by molar-refractivity contribution is -0.145. The van der Waals surface area contributed by atoms with Gasteiger partial charge in [0.1, 0.15) is 16.9 Å². The zero-order chi connectivity index (χ0) is 27.2. The minimum Gasteiger partial charge on any atom is -0.469 e. The summed E-state index contributed by atoms with van der Waals surface area (Å²) in [4.78, 5) is 43.9. The van der Waals surface area contributed by atoms with E-state index in [4.69, 9.17) is 4.74 Å². The van der Waals surface area contributed by atoms with Gasteiger partial charge in [-0.05, 0) is 63.4 Å². The molecule has 0 aliphatic heterocycles. The molecule has 0 aliphatic carbocycles. The number of amides is 2. The second-order valence-electron chi connectivity index (χ2n) is 9.72. The first-order chi connectivity index (χ1) is 17.5. The third-order valence-electron chi connectivity index (χ3n) is 5.85. The van der Waals surface area contributed by atoms with Gasteiger partial charge in [-0.2, -0.15) is 0 Å². The van der Waals surface area contributed by atoms with E-state index in [0.29, 0.717) is 12.0 Å². The Kier molecular flexibility index (Phi) is 9.15. The normalized spacial score (nSPS) is 12.9. The zero-order valence-corrected chi connectivity index (χ0v) is 22.4. The van der Waals surface area contributed by atoms with Gasteiger partial charge in [0.05, 0.1) is 13.0 Å². The number of benzene rings is 2. The molecule has 0 unspecified atom stereocenters. The third-order valence-corrected chi connectivity index (χ3v) is 6.81. The molecule has 0 bridgehead atoms. The van der Waals surface area contributed by atoms with Gasteiger partial charge in [0.25, 0.3) is 5.91 Å². The van der Waals surface area contributed by atoms with Crippen molar-refractivity contribution in [3.8, 4) is 10.6 Å². The molecule has 0 fully saturated rings. The lowest BCUT2D eigenvalue weighted by Gasteiger charge is -2.30. The number of hydrogen-bond donors (Lipinski definition) is 2. The number of carbonyl (C=O) groups excluding carboxylic acids is 3. The van der Waals surface area contributed by atoms with Crippen molar-refractivity contribution in [2.75, 3.05) is 7.11 Å². The molecule has 0 spiro atoms. The minimum atomic E-state index is -0.976. The molecule has 196 valence electrons. The highest BCUT2D eigenvalue weighted by Gasteiger charge is 2.30. The average Bonchev–Trinajstić information content (AvgIpc) is 3.30. The Hall–Kier alpha value is -3.59. The molecule has 37 heavy (non-hydrogen) atoms. The van der Waals surface area contributed by atoms with Crippen molar-refractivity contribution in [1.82, 2.24) is 15.6 Å². The summed E-state index contributed by atoms with van der Waals surface area (Å²) in [6.45, 7) is 7.31. The van der Waals surface area contributed by atoms with E-state index in [0.717, 1.165) is 21.0 Å². The van der Waals surface area contributed by atoms with Crippen molar-refractivity contribution in [3.63, 3.8) is 0 Å². The van der Waals surface area contributed by atoms with Crippen LogP contribution >= 0.6 is 11.3 Å². The third kappa shape index (κ3) is 7.95. The van der Waals surface area contributed by atoms with Gasteiger partial charge < -0.3 is 15.4 Å². The summed E-state index contributed by atoms with van der Waals surface area (Å²) < 4.78 is 18.1. The van der Waals surface area contributed by atoms with Gasteiger partial charge in [-0.15, -0.1) is 11.3 Å². The summed E-state index contributed by atoms with van der Waals surface area (Å²) in [7, 11) is 1.28. The first kappa shape index (κ1) is 28.0. The highest BCUT2D eigenvalue weighted by molar-refractivity contribution is 7.14. The van der Waals surface area contributed by atoms with Crippen LogP contribution in [0.4, 0.5) is 4.39 Å². The minimum absolute atomic E-state index is 0.0628. The second kappa shape index (κ2) is 12.1. The van der Waals surface area contributed by atoms with Crippen molar-refractivity contribution < 1.29 is 23.5 Å². The molecule has 0 radical (unpaired) electrons. The van der Waals surface area contributed by atoms with Crippen LogP contribution in [0.5, 0.6) is 0 Å².